The Hall–Kier alpha value is -1.68. The first-order chi connectivity index (χ1) is 11.3. The lowest BCUT2D eigenvalue weighted by Crippen LogP contribution is -2.34. The number of ketones is 1. The Morgan fingerprint density at radius 1 is 1.25 bits per heavy atom. The summed E-state index contributed by atoms with van der Waals surface area (Å²) in [7, 11) is 0. The molecule has 0 aromatic heterocycles. The number of fused-ring (bicyclic) bond motifs is 1. The molecule has 0 fully saturated rings. The standard InChI is InChI=1S/C20H28O4/c1-5-19(22)24-9-8-15-11-18(21)14(4)20(23)13(3)16-7-6-12(2)10-17(15)16/h6-7,10,13-15,20,23H,5,8-9,11H2,1-4H3. The average molecular weight is 332 g/mol. The van der Waals surface area contributed by atoms with E-state index in [9.17, 15) is 14.7 Å². The molecule has 132 valence electrons. The third kappa shape index (κ3) is 4.04. The van der Waals surface area contributed by atoms with Gasteiger partial charge in [-0.1, -0.05) is 44.5 Å². The second-order valence-corrected chi connectivity index (χ2v) is 6.93. The van der Waals surface area contributed by atoms with Crippen molar-refractivity contribution >= 4 is 11.8 Å². The van der Waals surface area contributed by atoms with Crippen LogP contribution in [0.1, 0.15) is 68.6 Å². The second kappa shape index (κ2) is 7.93. The van der Waals surface area contributed by atoms with E-state index in [1.165, 1.54) is 0 Å². The van der Waals surface area contributed by atoms with Crippen LogP contribution in [0.3, 0.4) is 0 Å². The van der Waals surface area contributed by atoms with Crippen molar-refractivity contribution in [3.63, 3.8) is 0 Å². The van der Waals surface area contributed by atoms with Gasteiger partial charge >= 0.3 is 5.97 Å². The molecule has 0 amide bonds. The van der Waals surface area contributed by atoms with E-state index in [4.69, 9.17) is 4.74 Å². The molecular weight excluding hydrogens is 304 g/mol. The first-order valence-electron chi connectivity index (χ1n) is 8.82. The van der Waals surface area contributed by atoms with E-state index in [1.807, 2.05) is 19.9 Å². The fourth-order valence-corrected chi connectivity index (χ4v) is 3.48. The summed E-state index contributed by atoms with van der Waals surface area (Å²) >= 11 is 0. The van der Waals surface area contributed by atoms with Gasteiger partial charge < -0.3 is 9.84 Å². The molecule has 1 aliphatic rings. The van der Waals surface area contributed by atoms with Gasteiger partial charge in [-0.25, -0.2) is 0 Å². The van der Waals surface area contributed by atoms with E-state index >= 15 is 0 Å². The number of benzene rings is 1. The molecular formula is C20H28O4. The van der Waals surface area contributed by atoms with Crippen LogP contribution in [0, 0.1) is 12.8 Å². The Bertz CT molecular complexity index is 608. The highest BCUT2D eigenvalue weighted by Gasteiger charge is 2.34. The molecule has 4 atom stereocenters. The molecule has 1 aliphatic carbocycles. The lowest BCUT2D eigenvalue weighted by molar-refractivity contribution is -0.143. The van der Waals surface area contributed by atoms with Crippen molar-refractivity contribution in [2.75, 3.05) is 6.61 Å². The van der Waals surface area contributed by atoms with E-state index in [0.717, 1.165) is 16.7 Å². The number of hydrogen-bond donors (Lipinski definition) is 1. The molecule has 0 heterocycles. The lowest BCUT2D eigenvalue weighted by Gasteiger charge is -2.32. The zero-order valence-corrected chi connectivity index (χ0v) is 15.0. The third-order valence-electron chi connectivity index (χ3n) is 5.17. The molecule has 4 heteroatoms. The van der Waals surface area contributed by atoms with Crippen LogP contribution in [0.2, 0.25) is 0 Å². The first-order valence-corrected chi connectivity index (χ1v) is 8.82. The maximum atomic E-state index is 12.5. The Morgan fingerprint density at radius 3 is 2.62 bits per heavy atom. The minimum absolute atomic E-state index is 0.0226. The van der Waals surface area contributed by atoms with Crippen LogP contribution in [-0.2, 0) is 14.3 Å². The van der Waals surface area contributed by atoms with Crippen molar-refractivity contribution in [1.82, 2.24) is 0 Å². The molecule has 0 radical (unpaired) electrons. The van der Waals surface area contributed by atoms with Gasteiger partial charge in [0.25, 0.3) is 0 Å². The third-order valence-corrected chi connectivity index (χ3v) is 5.17. The molecule has 0 aliphatic heterocycles. The maximum Gasteiger partial charge on any atom is 0.305 e. The highest BCUT2D eigenvalue weighted by molar-refractivity contribution is 5.82. The van der Waals surface area contributed by atoms with Gasteiger partial charge in [0.1, 0.15) is 5.78 Å². The predicted octanol–water partition coefficient (Wildman–Crippen LogP) is 3.50. The van der Waals surface area contributed by atoms with E-state index in [2.05, 4.69) is 12.1 Å². The Kier molecular flexibility index (Phi) is 6.16. The number of carbonyl (C=O) groups is 2. The summed E-state index contributed by atoms with van der Waals surface area (Å²) in [5.41, 5.74) is 3.33. The zero-order valence-electron chi connectivity index (χ0n) is 15.0. The number of aliphatic hydroxyl groups is 1. The van der Waals surface area contributed by atoms with Gasteiger partial charge in [0.2, 0.25) is 0 Å². The van der Waals surface area contributed by atoms with Crippen molar-refractivity contribution in [2.45, 2.75) is 64.9 Å². The molecule has 4 unspecified atom stereocenters. The SMILES string of the molecule is CCC(=O)OCCC1CC(=O)C(C)C(O)C(C)c2ccc(C)cc21. The summed E-state index contributed by atoms with van der Waals surface area (Å²) in [5.74, 6) is -0.590. The Labute approximate surface area is 144 Å². The van der Waals surface area contributed by atoms with E-state index in [-0.39, 0.29) is 29.5 Å². The van der Waals surface area contributed by atoms with Gasteiger partial charge in [-0.3, -0.25) is 9.59 Å². The van der Waals surface area contributed by atoms with Crippen molar-refractivity contribution in [2.24, 2.45) is 5.92 Å². The van der Waals surface area contributed by atoms with Gasteiger partial charge in [0.15, 0.2) is 0 Å². The number of Topliss-reactive ketones (excluding diaryl/α,β-unsaturated/α-hetero) is 1. The fraction of sp³-hybridized carbons (Fsp3) is 0.600. The largest absolute Gasteiger partial charge is 0.466 e. The van der Waals surface area contributed by atoms with Crippen molar-refractivity contribution in [3.05, 3.63) is 34.9 Å². The van der Waals surface area contributed by atoms with E-state index in [1.54, 1.807) is 13.8 Å². The molecule has 2 rings (SSSR count). The minimum Gasteiger partial charge on any atom is -0.466 e. The molecule has 1 aromatic carbocycles. The van der Waals surface area contributed by atoms with Crippen LogP contribution in [0.4, 0.5) is 0 Å². The molecule has 0 saturated carbocycles. The first kappa shape index (κ1) is 18.7. The molecule has 4 nitrogen and oxygen atoms in total. The van der Waals surface area contributed by atoms with Gasteiger partial charge in [-0.2, -0.15) is 0 Å². The van der Waals surface area contributed by atoms with Crippen molar-refractivity contribution in [1.29, 1.82) is 0 Å². The molecule has 0 spiro atoms. The smallest absolute Gasteiger partial charge is 0.305 e. The van der Waals surface area contributed by atoms with Gasteiger partial charge in [-0.15, -0.1) is 0 Å². The fourth-order valence-electron chi connectivity index (χ4n) is 3.48. The molecule has 0 saturated heterocycles. The number of aryl methyl sites for hydroxylation is 1. The lowest BCUT2D eigenvalue weighted by atomic mass is 9.74. The zero-order chi connectivity index (χ0) is 17.9. The van der Waals surface area contributed by atoms with Crippen molar-refractivity contribution < 1.29 is 19.4 Å². The van der Waals surface area contributed by atoms with Gasteiger partial charge in [0, 0.05) is 24.7 Å². The number of esters is 1. The van der Waals surface area contributed by atoms with E-state index < -0.39 is 6.10 Å². The average Bonchev–Trinajstić information content (AvgIpc) is 2.57. The summed E-state index contributed by atoms with van der Waals surface area (Å²) in [4.78, 5) is 23.9. The van der Waals surface area contributed by atoms with Gasteiger partial charge in [-0.05, 0) is 30.4 Å². The second-order valence-electron chi connectivity index (χ2n) is 6.93. The Balaban J connectivity index is 2.32. The van der Waals surface area contributed by atoms with Crippen LogP contribution in [0.25, 0.3) is 0 Å². The summed E-state index contributed by atoms with van der Waals surface area (Å²) in [6.07, 6.45) is 0.700. The summed E-state index contributed by atoms with van der Waals surface area (Å²) in [6, 6.07) is 6.21. The number of ether oxygens (including phenoxy) is 1. The van der Waals surface area contributed by atoms with Crippen LogP contribution in [0.15, 0.2) is 18.2 Å². The van der Waals surface area contributed by atoms with Crippen LogP contribution >= 0.6 is 0 Å². The number of aliphatic hydroxyl groups excluding tert-OH is 1. The predicted molar refractivity (Wildman–Crippen MR) is 93.0 cm³/mol. The number of carbonyl (C=O) groups excluding carboxylic acids is 2. The molecule has 1 aromatic rings. The van der Waals surface area contributed by atoms with Crippen molar-refractivity contribution in [3.8, 4) is 0 Å². The van der Waals surface area contributed by atoms with Crippen LogP contribution < -0.4 is 0 Å². The molecule has 24 heavy (non-hydrogen) atoms. The minimum atomic E-state index is -0.669. The summed E-state index contributed by atoms with van der Waals surface area (Å²) < 4.78 is 5.22. The molecule has 0 bridgehead atoms. The number of rotatable bonds is 4. The normalized spacial score (nSPS) is 27.1. The quantitative estimate of drug-likeness (QED) is 0.857. The van der Waals surface area contributed by atoms with E-state index in [0.29, 0.717) is 25.9 Å². The Morgan fingerprint density at radius 2 is 1.96 bits per heavy atom. The summed E-state index contributed by atoms with van der Waals surface area (Å²) in [5, 5.41) is 10.5. The molecule has 1 N–H and O–H groups in total. The van der Waals surface area contributed by atoms with Gasteiger partial charge in [0.05, 0.1) is 12.7 Å². The topological polar surface area (TPSA) is 63.6 Å². The number of hydrogen-bond acceptors (Lipinski definition) is 4. The van der Waals surface area contributed by atoms with Crippen LogP contribution in [0.5, 0.6) is 0 Å². The summed E-state index contributed by atoms with van der Waals surface area (Å²) in [6.45, 7) is 7.89. The maximum absolute atomic E-state index is 12.5. The highest BCUT2D eigenvalue weighted by Crippen LogP contribution is 2.38. The monoisotopic (exact) mass is 332 g/mol. The highest BCUT2D eigenvalue weighted by atomic mass is 16.5. The van der Waals surface area contributed by atoms with Crippen LogP contribution in [-0.4, -0.2) is 29.6 Å².